The predicted octanol–water partition coefficient (Wildman–Crippen LogP) is 0.382. The first-order valence-electron chi connectivity index (χ1n) is 10.9. The number of benzene rings is 1. The van der Waals surface area contributed by atoms with Gasteiger partial charge in [0, 0.05) is 33.3 Å². The third-order valence-corrected chi connectivity index (χ3v) is 7.70. The minimum absolute atomic E-state index is 0.0125. The molecule has 0 saturated heterocycles. The highest BCUT2D eigenvalue weighted by Crippen LogP contribution is 2.31. The van der Waals surface area contributed by atoms with Gasteiger partial charge in [-0.15, -0.1) is 0 Å². The van der Waals surface area contributed by atoms with Crippen molar-refractivity contribution in [1.29, 1.82) is 0 Å². The average Bonchev–Trinajstić information content (AvgIpc) is 2.76. The summed E-state index contributed by atoms with van der Waals surface area (Å²) in [5, 5.41) is 48.6. The highest BCUT2D eigenvalue weighted by atomic mass is 127. The number of nitrogens with one attached hydrogen (secondary N) is 1. The van der Waals surface area contributed by atoms with Gasteiger partial charge in [-0.3, -0.25) is 38.7 Å². The van der Waals surface area contributed by atoms with Crippen LogP contribution < -0.4 is 5.32 Å². The van der Waals surface area contributed by atoms with Crippen LogP contribution >= 0.6 is 67.8 Å². The van der Waals surface area contributed by atoms with Gasteiger partial charge in [-0.1, -0.05) is 0 Å². The summed E-state index contributed by atoms with van der Waals surface area (Å²) in [6, 6.07) is 1.58. The molecule has 0 aromatic heterocycles. The summed E-state index contributed by atoms with van der Waals surface area (Å²) >= 11 is 5.62. The number of nitrogens with zero attached hydrogens (tertiary/aromatic N) is 3. The molecule has 0 spiro atoms. The van der Waals surface area contributed by atoms with Crippen molar-refractivity contribution in [2.45, 2.75) is 0 Å². The van der Waals surface area contributed by atoms with Crippen molar-refractivity contribution in [3.05, 3.63) is 22.3 Å². The summed E-state index contributed by atoms with van der Waals surface area (Å²) < 4.78 is 1.35. The maximum atomic E-state index is 12.8. The van der Waals surface area contributed by atoms with Crippen LogP contribution in [0.2, 0.25) is 0 Å². The molecule has 0 bridgehead atoms. The molecule has 0 aliphatic rings. The molecule has 0 aliphatic carbocycles. The van der Waals surface area contributed by atoms with Crippen LogP contribution in [0.3, 0.4) is 0 Å². The van der Waals surface area contributed by atoms with E-state index in [0.717, 1.165) is 4.90 Å². The Morgan fingerprint density at radius 1 is 0.615 bits per heavy atom. The van der Waals surface area contributed by atoms with Crippen molar-refractivity contribution in [3.63, 3.8) is 0 Å². The van der Waals surface area contributed by atoms with Crippen molar-refractivity contribution < 1.29 is 54.3 Å². The number of carbonyl (C=O) groups is 6. The lowest BCUT2D eigenvalue weighted by Gasteiger charge is -2.27. The number of aliphatic carboxylic acids is 4. The first kappa shape index (κ1) is 35.1. The first-order chi connectivity index (χ1) is 18.1. The second-order valence-corrected chi connectivity index (χ2v) is 11.4. The summed E-state index contributed by atoms with van der Waals surface area (Å²) in [5.41, 5.74) is 0.275. The largest absolute Gasteiger partial charge is 0.480 e. The van der Waals surface area contributed by atoms with Gasteiger partial charge in [0.15, 0.2) is 0 Å². The minimum Gasteiger partial charge on any atom is -0.480 e. The van der Waals surface area contributed by atoms with Gasteiger partial charge < -0.3 is 30.8 Å². The number of anilines is 1. The minimum atomic E-state index is -1.26. The van der Waals surface area contributed by atoms with E-state index in [2.05, 4.69) is 5.32 Å². The molecule has 0 heterocycles. The van der Waals surface area contributed by atoms with Crippen LogP contribution in [0.4, 0.5) is 5.69 Å². The monoisotopic (exact) mass is 890 g/mol. The van der Waals surface area contributed by atoms with Gasteiger partial charge in [0.1, 0.15) is 0 Å². The Morgan fingerprint density at radius 2 is 1.00 bits per heavy atom. The number of carboxylic acids is 5. The molecular formula is C21H25I3N4O11. The van der Waals surface area contributed by atoms with Crippen molar-refractivity contribution >= 4 is 109 Å². The van der Waals surface area contributed by atoms with Crippen LogP contribution in [0, 0.1) is 10.7 Å². The van der Waals surface area contributed by atoms with Crippen LogP contribution in [-0.4, -0.2) is 135 Å². The van der Waals surface area contributed by atoms with Gasteiger partial charge in [0.25, 0.3) is 0 Å². The fraction of sp³-hybridized carbons (Fsp3) is 0.429. The molecule has 1 aromatic carbocycles. The lowest BCUT2D eigenvalue weighted by Crippen LogP contribution is -2.46. The highest BCUT2D eigenvalue weighted by molar-refractivity contribution is 14.1. The summed E-state index contributed by atoms with van der Waals surface area (Å²) in [5.74, 6) is -6.76. The maximum Gasteiger partial charge on any atom is 0.337 e. The highest BCUT2D eigenvalue weighted by Gasteiger charge is 2.23. The molecule has 0 saturated carbocycles. The van der Waals surface area contributed by atoms with Crippen molar-refractivity contribution in [2.24, 2.45) is 0 Å². The molecular weight excluding hydrogens is 865 g/mol. The number of carboxylic acid groups (broad SMARTS) is 5. The van der Waals surface area contributed by atoms with Gasteiger partial charge >= 0.3 is 29.8 Å². The summed E-state index contributed by atoms with van der Waals surface area (Å²) in [6.45, 7) is -2.79. The molecule has 0 unspecified atom stereocenters. The Balaban J connectivity index is 2.97. The predicted molar refractivity (Wildman–Crippen MR) is 160 cm³/mol. The summed E-state index contributed by atoms with van der Waals surface area (Å²) in [4.78, 5) is 72.8. The molecule has 216 valence electrons. The van der Waals surface area contributed by atoms with Gasteiger partial charge in [-0.2, -0.15) is 0 Å². The number of halogens is 3. The second-order valence-electron chi connectivity index (χ2n) is 8.03. The van der Waals surface area contributed by atoms with Crippen LogP contribution in [0.15, 0.2) is 6.07 Å². The lowest BCUT2D eigenvalue weighted by molar-refractivity contribution is -0.143. The zero-order valence-electron chi connectivity index (χ0n) is 20.1. The zero-order valence-corrected chi connectivity index (χ0v) is 26.6. The standard InChI is InChI=1S/C21H25I3N4O11/c22-11-5-12(23)20(19(24)18(11)21(38)39)25-13(29)6-27(8-15(32)33)3-1-26(7-14(30)31)2-4-28(9-16(34)35)10-17(36)37/h5H,1-4,6-10H2,(H,25,29)(H,30,31)(H,32,33)(H,34,35)(H,36,37)(H,38,39). The molecule has 15 nitrogen and oxygen atoms in total. The smallest absolute Gasteiger partial charge is 0.337 e. The van der Waals surface area contributed by atoms with E-state index >= 15 is 0 Å². The van der Waals surface area contributed by atoms with E-state index in [1.54, 1.807) is 28.7 Å². The molecule has 0 radical (unpaired) electrons. The van der Waals surface area contributed by atoms with E-state index in [0.29, 0.717) is 10.7 Å². The van der Waals surface area contributed by atoms with Crippen LogP contribution in [0.5, 0.6) is 0 Å². The number of aromatic carboxylic acids is 1. The number of rotatable bonds is 18. The fourth-order valence-corrected chi connectivity index (χ4v) is 7.41. The second kappa shape index (κ2) is 17.0. The van der Waals surface area contributed by atoms with E-state index in [9.17, 15) is 44.1 Å². The number of hydrogen-bond acceptors (Lipinski definition) is 9. The van der Waals surface area contributed by atoms with Gasteiger partial charge in [-0.05, 0) is 73.8 Å². The van der Waals surface area contributed by atoms with E-state index in [4.69, 9.17) is 10.2 Å². The molecule has 39 heavy (non-hydrogen) atoms. The number of amides is 1. The van der Waals surface area contributed by atoms with Gasteiger partial charge in [0.2, 0.25) is 5.91 Å². The van der Waals surface area contributed by atoms with Gasteiger partial charge in [0.05, 0.1) is 47.5 Å². The Hall–Kier alpha value is -1.89. The quantitative estimate of drug-likeness (QED) is 0.110. The summed E-state index contributed by atoms with van der Waals surface area (Å²) in [7, 11) is 0. The van der Waals surface area contributed by atoms with Crippen LogP contribution in [-0.2, 0) is 24.0 Å². The topological polar surface area (TPSA) is 225 Å². The molecule has 1 aromatic rings. The van der Waals surface area contributed by atoms with E-state index in [1.165, 1.54) is 9.80 Å². The third kappa shape index (κ3) is 13.3. The Kier molecular flexibility index (Phi) is 15.4. The maximum absolute atomic E-state index is 12.8. The fourth-order valence-electron chi connectivity index (χ4n) is 3.31. The Labute approximate surface area is 262 Å². The molecule has 1 amide bonds. The van der Waals surface area contributed by atoms with Crippen LogP contribution in [0.25, 0.3) is 0 Å². The normalized spacial score (nSPS) is 11.1. The molecule has 18 heteroatoms. The van der Waals surface area contributed by atoms with E-state index in [-0.39, 0.29) is 37.4 Å². The number of hydrogen-bond donors (Lipinski definition) is 6. The Morgan fingerprint density at radius 3 is 1.41 bits per heavy atom. The molecule has 0 atom stereocenters. The van der Waals surface area contributed by atoms with E-state index in [1.807, 2.05) is 45.2 Å². The molecule has 1 rings (SSSR count). The lowest BCUT2D eigenvalue weighted by atomic mass is 10.2. The zero-order chi connectivity index (χ0) is 29.9. The first-order valence-corrected chi connectivity index (χ1v) is 14.1. The van der Waals surface area contributed by atoms with Crippen molar-refractivity contribution in [2.75, 3.05) is 64.2 Å². The molecule has 6 N–H and O–H groups in total. The van der Waals surface area contributed by atoms with Crippen LogP contribution in [0.1, 0.15) is 10.4 Å². The van der Waals surface area contributed by atoms with Gasteiger partial charge in [-0.25, -0.2) is 4.79 Å². The third-order valence-electron chi connectivity index (χ3n) is 4.92. The van der Waals surface area contributed by atoms with Crippen molar-refractivity contribution in [1.82, 2.24) is 14.7 Å². The molecule has 0 aliphatic heterocycles. The SMILES string of the molecule is O=C(O)CN(CCN(CC(=O)O)CC(=O)O)CCN(CC(=O)O)CC(=O)Nc1c(I)cc(I)c(C(=O)O)c1I. The van der Waals surface area contributed by atoms with Crippen molar-refractivity contribution in [3.8, 4) is 0 Å². The number of carbonyl (C=O) groups excluding carboxylic acids is 1. The summed E-state index contributed by atoms with van der Waals surface area (Å²) in [6.07, 6.45) is 0. The molecule has 0 fully saturated rings. The van der Waals surface area contributed by atoms with E-state index < -0.39 is 68.5 Å². The Bertz CT molecular complexity index is 1100. The average molecular weight is 890 g/mol.